The van der Waals surface area contributed by atoms with Gasteiger partial charge in [0.15, 0.2) is 8.68 Å². The van der Waals surface area contributed by atoms with Crippen LogP contribution in [0.5, 0.6) is 5.75 Å². The molecule has 0 unspecified atom stereocenters. The van der Waals surface area contributed by atoms with Crippen LogP contribution in [0.1, 0.15) is 36.5 Å². The number of hydrogen-bond donors (Lipinski definition) is 1. The normalized spacial score (nSPS) is 11.0. The molecule has 1 N–H and O–H groups in total. The molecule has 0 saturated heterocycles. The molecule has 0 radical (unpaired) electrons. The van der Waals surface area contributed by atoms with Gasteiger partial charge in [-0.05, 0) is 41.2 Å². The van der Waals surface area contributed by atoms with E-state index in [2.05, 4.69) is 53.6 Å². The van der Waals surface area contributed by atoms with Gasteiger partial charge in [-0.3, -0.25) is 4.79 Å². The molecule has 0 aliphatic rings. The van der Waals surface area contributed by atoms with Crippen LogP contribution in [0, 0.1) is 0 Å². The van der Waals surface area contributed by atoms with E-state index in [1.165, 1.54) is 39.8 Å². The molecule has 8 heteroatoms. The molecule has 1 aromatic heterocycles. The highest BCUT2D eigenvalue weighted by Crippen LogP contribution is 2.31. The number of thioether (sulfide) groups is 2. The van der Waals surface area contributed by atoms with Crippen molar-refractivity contribution >= 4 is 40.8 Å². The van der Waals surface area contributed by atoms with Gasteiger partial charge >= 0.3 is 0 Å². The van der Waals surface area contributed by atoms with Gasteiger partial charge < -0.3 is 10.1 Å². The minimum absolute atomic E-state index is 0.00755. The summed E-state index contributed by atoms with van der Waals surface area (Å²) < 4.78 is 6.90. The molecule has 3 rings (SSSR count). The summed E-state index contributed by atoms with van der Waals surface area (Å²) in [6.45, 7) is 5.01. The lowest BCUT2D eigenvalue weighted by molar-refractivity contribution is -0.118. The second kappa shape index (κ2) is 12.1. The first-order chi connectivity index (χ1) is 15.0. The molecule has 1 heterocycles. The second-order valence-corrected chi connectivity index (χ2v) is 10.7. The smallest absolute Gasteiger partial charge is 0.230 e. The maximum absolute atomic E-state index is 12.1. The number of benzene rings is 2. The van der Waals surface area contributed by atoms with Gasteiger partial charge in [0.25, 0.3) is 0 Å². The Morgan fingerprint density at radius 3 is 2.29 bits per heavy atom. The number of nitrogens with one attached hydrogen (secondary N) is 1. The molecule has 164 valence electrons. The molecule has 0 saturated carbocycles. The minimum atomic E-state index is 0.00755. The van der Waals surface area contributed by atoms with Crippen LogP contribution in [-0.2, 0) is 17.0 Å². The number of hydrogen-bond acceptors (Lipinski definition) is 7. The average molecular weight is 474 g/mol. The summed E-state index contributed by atoms with van der Waals surface area (Å²) in [6.07, 6.45) is 0.790. The van der Waals surface area contributed by atoms with E-state index in [1.807, 2.05) is 24.3 Å². The quantitative estimate of drug-likeness (QED) is 0.376. The van der Waals surface area contributed by atoms with Crippen LogP contribution >= 0.6 is 34.9 Å². The Hall–Kier alpha value is -2.03. The zero-order valence-electron chi connectivity index (χ0n) is 18.0. The predicted octanol–water partition coefficient (Wildman–Crippen LogP) is 5.41. The molecule has 0 bridgehead atoms. The standard InChI is InChI=1S/C23H27N3O2S3/c1-16(2)19-8-4-18(5-9-19)14-29-22-25-26-23(31-22)30-15-21(27)24-13-12-17-6-10-20(28-3)11-7-17/h4-11,16H,12-15H2,1-3H3,(H,24,27). The van der Waals surface area contributed by atoms with E-state index in [1.54, 1.807) is 18.9 Å². The van der Waals surface area contributed by atoms with E-state index in [-0.39, 0.29) is 5.91 Å². The summed E-state index contributed by atoms with van der Waals surface area (Å²) >= 11 is 4.65. The molecule has 5 nitrogen and oxygen atoms in total. The Kier molecular flexibility index (Phi) is 9.24. The third-order valence-corrected chi connectivity index (χ3v) is 7.88. The van der Waals surface area contributed by atoms with Crippen molar-refractivity contribution in [3.63, 3.8) is 0 Å². The Morgan fingerprint density at radius 1 is 1.00 bits per heavy atom. The fourth-order valence-corrected chi connectivity index (χ4v) is 5.58. The zero-order chi connectivity index (χ0) is 22.1. The lowest BCUT2D eigenvalue weighted by atomic mass is 10.0. The SMILES string of the molecule is COc1ccc(CCNC(=O)CSc2nnc(SCc3ccc(C(C)C)cc3)s2)cc1. The predicted molar refractivity (Wildman–Crippen MR) is 130 cm³/mol. The lowest BCUT2D eigenvalue weighted by Crippen LogP contribution is -2.27. The van der Waals surface area contributed by atoms with Crippen molar-refractivity contribution in [1.29, 1.82) is 0 Å². The largest absolute Gasteiger partial charge is 0.497 e. The van der Waals surface area contributed by atoms with Gasteiger partial charge in [0.05, 0.1) is 12.9 Å². The minimum Gasteiger partial charge on any atom is -0.497 e. The Labute approximate surface area is 196 Å². The first-order valence-corrected chi connectivity index (χ1v) is 12.9. The van der Waals surface area contributed by atoms with E-state index >= 15 is 0 Å². The molecule has 1 amide bonds. The highest BCUT2D eigenvalue weighted by atomic mass is 32.2. The summed E-state index contributed by atoms with van der Waals surface area (Å²) in [6, 6.07) is 16.6. The van der Waals surface area contributed by atoms with Crippen molar-refractivity contribution in [2.24, 2.45) is 0 Å². The summed E-state index contributed by atoms with van der Waals surface area (Å²) in [4.78, 5) is 12.1. The van der Waals surface area contributed by atoms with Crippen LogP contribution in [0.25, 0.3) is 0 Å². The second-order valence-electron chi connectivity index (χ2n) is 7.26. The zero-order valence-corrected chi connectivity index (χ0v) is 20.4. The maximum Gasteiger partial charge on any atom is 0.230 e. The highest BCUT2D eigenvalue weighted by molar-refractivity contribution is 8.03. The van der Waals surface area contributed by atoms with Crippen LogP contribution in [0.4, 0.5) is 0 Å². The van der Waals surface area contributed by atoms with Crippen LogP contribution in [0.3, 0.4) is 0 Å². The molecule has 2 aromatic carbocycles. The maximum atomic E-state index is 12.1. The van der Waals surface area contributed by atoms with Crippen molar-refractivity contribution in [3.8, 4) is 5.75 Å². The topological polar surface area (TPSA) is 64.1 Å². The number of aromatic nitrogens is 2. The summed E-state index contributed by atoms with van der Waals surface area (Å²) in [5.41, 5.74) is 3.79. The number of carbonyl (C=O) groups excluding carboxylic acids is 1. The fourth-order valence-electron chi connectivity index (χ4n) is 2.77. The van der Waals surface area contributed by atoms with Gasteiger partial charge in [0.2, 0.25) is 5.91 Å². The molecule has 0 aliphatic heterocycles. The van der Waals surface area contributed by atoms with Gasteiger partial charge in [0.1, 0.15) is 5.75 Å². The van der Waals surface area contributed by atoms with Gasteiger partial charge in [0, 0.05) is 12.3 Å². The van der Waals surface area contributed by atoms with E-state index < -0.39 is 0 Å². The van der Waals surface area contributed by atoms with Crippen LogP contribution < -0.4 is 10.1 Å². The number of ether oxygens (including phenoxy) is 1. The molecule has 0 atom stereocenters. The Balaban J connectivity index is 1.35. The van der Waals surface area contributed by atoms with Crippen molar-refractivity contribution in [1.82, 2.24) is 15.5 Å². The van der Waals surface area contributed by atoms with Crippen molar-refractivity contribution in [2.75, 3.05) is 19.4 Å². The van der Waals surface area contributed by atoms with Crippen LogP contribution in [0.2, 0.25) is 0 Å². The van der Waals surface area contributed by atoms with Crippen LogP contribution in [0.15, 0.2) is 57.2 Å². The van der Waals surface area contributed by atoms with Crippen molar-refractivity contribution in [3.05, 3.63) is 65.2 Å². The Bertz CT molecular complexity index is 957. The van der Waals surface area contributed by atoms with E-state index in [0.29, 0.717) is 18.2 Å². The van der Waals surface area contributed by atoms with E-state index in [0.717, 1.165) is 26.6 Å². The number of carbonyl (C=O) groups is 1. The first-order valence-electron chi connectivity index (χ1n) is 10.1. The van der Waals surface area contributed by atoms with Crippen molar-refractivity contribution in [2.45, 2.75) is 40.6 Å². The Morgan fingerprint density at radius 2 is 1.65 bits per heavy atom. The van der Waals surface area contributed by atoms with Crippen LogP contribution in [-0.4, -0.2) is 35.5 Å². The number of methoxy groups -OCH3 is 1. The average Bonchev–Trinajstić information content (AvgIpc) is 3.25. The molecule has 0 fully saturated rings. The van der Waals surface area contributed by atoms with Gasteiger partial charge in [-0.15, -0.1) is 10.2 Å². The monoisotopic (exact) mass is 473 g/mol. The van der Waals surface area contributed by atoms with Gasteiger partial charge in [-0.2, -0.15) is 0 Å². The summed E-state index contributed by atoms with van der Waals surface area (Å²) in [7, 11) is 1.65. The van der Waals surface area contributed by atoms with E-state index in [9.17, 15) is 4.79 Å². The highest BCUT2D eigenvalue weighted by Gasteiger charge is 2.09. The molecule has 3 aromatic rings. The summed E-state index contributed by atoms with van der Waals surface area (Å²) in [5.74, 6) is 2.60. The molecule has 0 spiro atoms. The number of nitrogens with zero attached hydrogens (tertiary/aromatic N) is 2. The molecular formula is C23H27N3O2S3. The third kappa shape index (κ3) is 7.87. The fraction of sp³-hybridized carbons (Fsp3) is 0.348. The molecule has 0 aliphatic carbocycles. The summed E-state index contributed by atoms with van der Waals surface area (Å²) in [5, 5.41) is 11.4. The third-order valence-electron chi connectivity index (χ3n) is 4.62. The van der Waals surface area contributed by atoms with Gasteiger partial charge in [-0.1, -0.05) is 85.1 Å². The van der Waals surface area contributed by atoms with Gasteiger partial charge in [-0.25, -0.2) is 0 Å². The van der Waals surface area contributed by atoms with Crippen molar-refractivity contribution < 1.29 is 9.53 Å². The lowest BCUT2D eigenvalue weighted by Gasteiger charge is -2.06. The molecular weight excluding hydrogens is 446 g/mol. The first kappa shape index (κ1) is 23.6. The van der Waals surface area contributed by atoms with E-state index in [4.69, 9.17) is 4.74 Å². The molecule has 31 heavy (non-hydrogen) atoms. The number of amides is 1. The number of rotatable bonds is 11.